The maximum atomic E-state index is 3.74. The number of hydrogen-bond acceptors (Lipinski definition) is 1. The Labute approximate surface area is 110 Å². The molecule has 0 radical (unpaired) electrons. The summed E-state index contributed by atoms with van der Waals surface area (Å²) in [6, 6.07) is 11.0. The van der Waals surface area contributed by atoms with E-state index in [1.165, 1.54) is 57.1 Å². The first kappa shape index (κ1) is 12.2. The smallest absolute Gasteiger partial charge is 0.121 e. The van der Waals surface area contributed by atoms with Crippen LogP contribution in [0.4, 0.5) is 0 Å². The summed E-state index contributed by atoms with van der Waals surface area (Å²) < 4.78 is 0. The molecule has 2 fully saturated rings. The van der Waals surface area contributed by atoms with Crippen molar-refractivity contribution in [2.24, 2.45) is 0 Å². The molecule has 2 nitrogen and oxygen atoms in total. The monoisotopic (exact) mass is 245 g/mol. The number of benzene rings is 1. The predicted molar refractivity (Wildman–Crippen MR) is 74.2 cm³/mol. The molecule has 2 N–H and O–H groups in total. The minimum atomic E-state index is 0.534. The first-order chi connectivity index (χ1) is 8.89. The topological polar surface area (TPSA) is 16.5 Å². The number of hydrogen-bond donors (Lipinski definition) is 2. The van der Waals surface area contributed by atoms with Crippen LogP contribution >= 0.6 is 0 Å². The summed E-state index contributed by atoms with van der Waals surface area (Å²) in [7, 11) is 0. The maximum absolute atomic E-state index is 3.74. The third-order valence-electron chi connectivity index (χ3n) is 4.85. The zero-order valence-corrected chi connectivity index (χ0v) is 11.3. The Balaban J connectivity index is 1.75. The predicted octanol–water partition coefficient (Wildman–Crippen LogP) is 2.07. The fourth-order valence-electron chi connectivity index (χ4n) is 3.83. The van der Waals surface area contributed by atoms with Crippen LogP contribution in [-0.4, -0.2) is 12.1 Å². The first-order valence-electron chi connectivity index (χ1n) is 7.53. The van der Waals surface area contributed by atoms with Crippen molar-refractivity contribution in [2.75, 3.05) is 6.54 Å². The quantitative estimate of drug-likeness (QED) is 0.815. The zero-order chi connectivity index (χ0) is 12.3. The lowest BCUT2D eigenvalue weighted by molar-refractivity contribution is -1.01. The standard InChI is InChI=1S/C16H24N2/c1-3-8-15(9-4-1)14-18-16(12-7-13-17-18)10-5-2-6-11-16/h1,3-4,8-9,17H,2,5-7,10-14H2/p+1. The molecule has 1 atom stereocenters. The van der Waals surface area contributed by atoms with E-state index in [0.29, 0.717) is 5.54 Å². The summed E-state index contributed by atoms with van der Waals surface area (Å²) in [5, 5.41) is 1.64. The van der Waals surface area contributed by atoms with E-state index in [1.54, 1.807) is 5.01 Å². The van der Waals surface area contributed by atoms with E-state index < -0.39 is 0 Å². The maximum Gasteiger partial charge on any atom is 0.121 e. The van der Waals surface area contributed by atoms with Gasteiger partial charge in [0.25, 0.3) is 0 Å². The Morgan fingerprint density at radius 3 is 2.44 bits per heavy atom. The highest BCUT2D eigenvalue weighted by molar-refractivity contribution is 5.13. The normalized spacial score (nSPS) is 27.2. The van der Waals surface area contributed by atoms with Gasteiger partial charge in [-0.1, -0.05) is 36.8 Å². The van der Waals surface area contributed by atoms with E-state index in [9.17, 15) is 0 Å². The van der Waals surface area contributed by atoms with Crippen molar-refractivity contribution in [3.05, 3.63) is 35.9 Å². The van der Waals surface area contributed by atoms with Crippen molar-refractivity contribution < 1.29 is 5.01 Å². The molecule has 3 rings (SSSR count). The van der Waals surface area contributed by atoms with Crippen molar-refractivity contribution in [1.29, 1.82) is 0 Å². The van der Waals surface area contributed by atoms with Crippen LogP contribution in [0.1, 0.15) is 50.5 Å². The van der Waals surface area contributed by atoms with E-state index in [2.05, 4.69) is 35.8 Å². The largest absolute Gasteiger partial charge is 0.249 e. The molecule has 1 aliphatic carbocycles. The second-order valence-corrected chi connectivity index (χ2v) is 6.01. The van der Waals surface area contributed by atoms with E-state index in [1.807, 2.05) is 0 Å². The van der Waals surface area contributed by atoms with Crippen molar-refractivity contribution in [1.82, 2.24) is 5.43 Å². The first-order valence-corrected chi connectivity index (χ1v) is 7.53. The minimum absolute atomic E-state index is 0.534. The van der Waals surface area contributed by atoms with Gasteiger partial charge in [0.1, 0.15) is 12.1 Å². The van der Waals surface area contributed by atoms with E-state index in [0.717, 1.165) is 6.54 Å². The zero-order valence-electron chi connectivity index (χ0n) is 11.3. The molecular formula is C16H25N2+. The molecule has 1 aliphatic heterocycles. The molecule has 98 valence electrons. The van der Waals surface area contributed by atoms with Gasteiger partial charge in [0, 0.05) is 31.4 Å². The molecule has 1 aromatic rings. The highest BCUT2D eigenvalue weighted by atomic mass is 15.5. The van der Waals surface area contributed by atoms with Crippen molar-refractivity contribution in [3.8, 4) is 0 Å². The Bertz CT molecular complexity index is 360. The molecule has 1 unspecified atom stereocenters. The molecule has 18 heavy (non-hydrogen) atoms. The van der Waals surface area contributed by atoms with Gasteiger partial charge in [0.05, 0.1) is 0 Å². The fourth-order valence-corrected chi connectivity index (χ4v) is 3.83. The second-order valence-electron chi connectivity index (χ2n) is 6.01. The van der Waals surface area contributed by atoms with Crippen LogP contribution in [0.25, 0.3) is 0 Å². The molecule has 0 amide bonds. The third kappa shape index (κ3) is 2.45. The lowest BCUT2D eigenvalue weighted by atomic mass is 9.77. The third-order valence-corrected chi connectivity index (χ3v) is 4.85. The molecular weight excluding hydrogens is 220 g/mol. The lowest BCUT2D eigenvalue weighted by Crippen LogP contribution is -3.26. The number of rotatable bonds is 2. The van der Waals surface area contributed by atoms with Crippen molar-refractivity contribution in [3.63, 3.8) is 0 Å². The SMILES string of the molecule is c1ccc(C[NH+]2NCCCC23CCCCC3)cc1. The molecule has 1 saturated heterocycles. The Morgan fingerprint density at radius 1 is 0.944 bits per heavy atom. The Hall–Kier alpha value is -0.860. The summed E-state index contributed by atoms with van der Waals surface area (Å²) >= 11 is 0. The summed E-state index contributed by atoms with van der Waals surface area (Å²) in [5.74, 6) is 0. The summed E-state index contributed by atoms with van der Waals surface area (Å²) in [4.78, 5) is 0. The van der Waals surface area contributed by atoms with Crippen LogP contribution in [0.15, 0.2) is 30.3 Å². The highest BCUT2D eigenvalue weighted by Crippen LogP contribution is 2.30. The second kappa shape index (κ2) is 5.41. The van der Waals surface area contributed by atoms with Crippen LogP contribution in [-0.2, 0) is 6.54 Å². The number of quaternary nitrogens is 1. The Kier molecular flexibility index (Phi) is 3.67. The molecule has 2 heteroatoms. The summed E-state index contributed by atoms with van der Waals surface area (Å²) in [6.07, 6.45) is 9.92. The van der Waals surface area contributed by atoms with E-state index >= 15 is 0 Å². The minimum Gasteiger partial charge on any atom is -0.249 e. The Morgan fingerprint density at radius 2 is 1.67 bits per heavy atom. The van der Waals surface area contributed by atoms with Crippen LogP contribution < -0.4 is 10.4 Å². The van der Waals surface area contributed by atoms with Crippen molar-refractivity contribution >= 4 is 0 Å². The van der Waals surface area contributed by atoms with Gasteiger partial charge in [-0.25, -0.2) is 5.01 Å². The lowest BCUT2D eigenvalue weighted by Gasteiger charge is -2.46. The number of nitrogens with one attached hydrogen (secondary N) is 2. The van der Waals surface area contributed by atoms with Gasteiger partial charge < -0.3 is 0 Å². The van der Waals surface area contributed by atoms with Gasteiger partial charge >= 0.3 is 0 Å². The fraction of sp³-hybridized carbons (Fsp3) is 0.625. The van der Waals surface area contributed by atoms with Crippen LogP contribution in [0, 0.1) is 0 Å². The molecule has 1 spiro atoms. The van der Waals surface area contributed by atoms with E-state index in [4.69, 9.17) is 0 Å². The van der Waals surface area contributed by atoms with E-state index in [-0.39, 0.29) is 0 Å². The van der Waals surface area contributed by atoms with Gasteiger partial charge in [0.15, 0.2) is 0 Å². The van der Waals surface area contributed by atoms with Gasteiger partial charge in [-0.2, -0.15) is 5.43 Å². The average Bonchev–Trinajstić information content (AvgIpc) is 2.44. The molecule has 1 aromatic carbocycles. The molecule has 2 aliphatic rings. The van der Waals surface area contributed by atoms with Gasteiger partial charge in [-0.05, 0) is 19.3 Å². The summed E-state index contributed by atoms with van der Waals surface area (Å²) in [6.45, 7) is 2.32. The van der Waals surface area contributed by atoms with Gasteiger partial charge in [-0.3, -0.25) is 0 Å². The highest BCUT2D eigenvalue weighted by Gasteiger charge is 2.43. The average molecular weight is 245 g/mol. The van der Waals surface area contributed by atoms with Crippen molar-refractivity contribution in [2.45, 2.75) is 57.0 Å². The van der Waals surface area contributed by atoms with Crippen LogP contribution in [0.5, 0.6) is 0 Å². The molecule has 1 saturated carbocycles. The van der Waals surface area contributed by atoms with Gasteiger partial charge in [-0.15, -0.1) is 0 Å². The summed E-state index contributed by atoms with van der Waals surface area (Å²) in [5.41, 5.74) is 5.74. The van der Waals surface area contributed by atoms with Gasteiger partial charge in [0.2, 0.25) is 0 Å². The van der Waals surface area contributed by atoms with Crippen LogP contribution in [0.3, 0.4) is 0 Å². The molecule has 1 heterocycles. The molecule has 0 bridgehead atoms. The molecule has 0 aromatic heterocycles. The van der Waals surface area contributed by atoms with Crippen LogP contribution in [0.2, 0.25) is 0 Å².